The van der Waals surface area contributed by atoms with E-state index in [1.54, 1.807) is 19.1 Å². The van der Waals surface area contributed by atoms with E-state index in [0.29, 0.717) is 16.7 Å². The number of fused-ring (bicyclic) bond motifs is 1. The summed E-state index contributed by atoms with van der Waals surface area (Å²) in [6.45, 7) is 1.66. The molecule has 0 radical (unpaired) electrons. The van der Waals surface area contributed by atoms with Crippen LogP contribution in [0.15, 0.2) is 24.3 Å². The second-order valence-electron chi connectivity index (χ2n) is 3.64. The highest BCUT2D eigenvalue weighted by atomic mass is 16.6. The highest BCUT2D eigenvalue weighted by Crippen LogP contribution is 2.31. The zero-order valence-electron chi connectivity index (χ0n) is 9.58. The summed E-state index contributed by atoms with van der Waals surface area (Å²) in [5.74, 6) is 0.376. The fraction of sp³-hybridized carbons (Fsp3) is 0.167. The standard InChI is InChI=1S/C12H9N3O3/c1-8-2-3-9-10(15(16)17)4-5-11(12(9)14-8)18-7-6-13/h2-5H,7H2,1H3. The molecule has 6 nitrogen and oxygen atoms in total. The first-order chi connectivity index (χ1) is 8.63. The van der Waals surface area contributed by atoms with Crippen LogP contribution in [-0.4, -0.2) is 16.5 Å². The number of pyridine rings is 1. The number of benzene rings is 1. The zero-order chi connectivity index (χ0) is 13.1. The molecule has 1 aromatic carbocycles. The summed E-state index contributed by atoms with van der Waals surface area (Å²) in [6, 6.07) is 8.00. The van der Waals surface area contributed by atoms with Gasteiger partial charge in [0.15, 0.2) is 6.61 Å². The lowest BCUT2D eigenvalue weighted by Crippen LogP contribution is -1.98. The van der Waals surface area contributed by atoms with Crippen LogP contribution in [0.1, 0.15) is 5.69 Å². The number of nitro benzene ring substituents is 1. The molecule has 1 aromatic heterocycles. The van der Waals surface area contributed by atoms with E-state index in [9.17, 15) is 10.1 Å². The Labute approximate surface area is 103 Å². The molecular formula is C12H9N3O3. The number of nitrogens with zero attached hydrogens (tertiary/aromatic N) is 3. The summed E-state index contributed by atoms with van der Waals surface area (Å²) in [7, 11) is 0. The van der Waals surface area contributed by atoms with Gasteiger partial charge in [-0.1, -0.05) is 0 Å². The van der Waals surface area contributed by atoms with E-state index in [4.69, 9.17) is 10.00 Å². The van der Waals surface area contributed by atoms with Gasteiger partial charge in [-0.15, -0.1) is 0 Å². The van der Waals surface area contributed by atoms with E-state index in [1.165, 1.54) is 12.1 Å². The Kier molecular flexibility index (Phi) is 3.06. The second kappa shape index (κ2) is 4.67. The number of non-ortho nitro benzene ring substituents is 1. The molecule has 0 aliphatic heterocycles. The van der Waals surface area contributed by atoms with Gasteiger partial charge in [-0.3, -0.25) is 10.1 Å². The van der Waals surface area contributed by atoms with Crippen LogP contribution in [0.3, 0.4) is 0 Å². The van der Waals surface area contributed by atoms with Gasteiger partial charge in [0, 0.05) is 11.8 Å². The number of rotatable bonds is 3. The molecule has 0 N–H and O–H groups in total. The minimum atomic E-state index is -0.465. The first-order valence-electron chi connectivity index (χ1n) is 5.18. The largest absolute Gasteiger partial charge is 0.476 e. The number of aromatic nitrogens is 1. The zero-order valence-corrected chi connectivity index (χ0v) is 9.58. The molecular weight excluding hydrogens is 234 g/mol. The lowest BCUT2D eigenvalue weighted by Gasteiger charge is -2.06. The molecule has 18 heavy (non-hydrogen) atoms. The Morgan fingerprint density at radius 2 is 2.22 bits per heavy atom. The maximum atomic E-state index is 10.9. The predicted molar refractivity (Wildman–Crippen MR) is 64.2 cm³/mol. The number of hydrogen-bond donors (Lipinski definition) is 0. The average molecular weight is 243 g/mol. The Balaban J connectivity index is 2.68. The van der Waals surface area contributed by atoms with Crippen molar-refractivity contribution in [3.63, 3.8) is 0 Å². The molecule has 0 bridgehead atoms. The summed E-state index contributed by atoms with van der Waals surface area (Å²) >= 11 is 0. The van der Waals surface area contributed by atoms with Crippen LogP contribution in [0.4, 0.5) is 5.69 Å². The van der Waals surface area contributed by atoms with Gasteiger partial charge < -0.3 is 4.74 Å². The number of nitro groups is 1. The first-order valence-corrected chi connectivity index (χ1v) is 5.18. The summed E-state index contributed by atoms with van der Waals surface area (Å²) < 4.78 is 5.21. The minimum absolute atomic E-state index is 0.0261. The molecule has 0 saturated carbocycles. The van der Waals surface area contributed by atoms with Gasteiger partial charge in [0.05, 0.1) is 10.3 Å². The molecule has 0 aliphatic rings. The van der Waals surface area contributed by atoms with E-state index in [2.05, 4.69) is 4.98 Å². The van der Waals surface area contributed by atoms with Crippen molar-refractivity contribution in [2.24, 2.45) is 0 Å². The van der Waals surface area contributed by atoms with Gasteiger partial charge in [-0.05, 0) is 25.1 Å². The SMILES string of the molecule is Cc1ccc2c([N+](=O)[O-])ccc(OCC#N)c2n1. The van der Waals surface area contributed by atoms with Crippen LogP contribution in [0, 0.1) is 28.4 Å². The molecule has 0 spiro atoms. The van der Waals surface area contributed by atoms with E-state index in [-0.39, 0.29) is 12.3 Å². The molecule has 0 saturated heterocycles. The van der Waals surface area contributed by atoms with Gasteiger partial charge in [0.25, 0.3) is 5.69 Å². The highest BCUT2D eigenvalue weighted by molar-refractivity contribution is 5.92. The molecule has 6 heteroatoms. The van der Waals surface area contributed by atoms with E-state index < -0.39 is 4.92 Å². The number of aryl methyl sites for hydroxylation is 1. The van der Waals surface area contributed by atoms with E-state index in [0.717, 1.165) is 5.69 Å². The van der Waals surface area contributed by atoms with Crippen molar-refractivity contribution in [1.29, 1.82) is 5.26 Å². The van der Waals surface area contributed by atoms with Crippen molar-refractivity contribution in [1.82, 2.24) is 4.98 Å². The minimum Gasteiger partial charge on any atom is -0.476 e. The third-order valence-electron chi connectivity index (χ3n) is 2.43. The number of ether oxygens (including phenoxy) is 1. The van der Waals surface area contributed by atoms with Crippen LogP contribution >= 0.6 is 0 Å². The van der Waals surface area contributed by atoms with Crippen molar-refractivity contribution in [2.45, 2.75) is 6.92 Å². The van der Waals surface area contributed by atoms with Crippen LogP contribution in [0.5, 0.6) is 5.75 Å². The van der Waals surface area contributed by atoms with Crippen molar-refractivity contribution >= 4 is 16.6 Å². The van der Waals surface area contributed by atoms with Crippen LogP contribution in [-0.2, 0) is 0 Å². The third kappa shape index (κ3) is 2.06. The molecule has 0 atom stereocenters. The normalized spacial score (nSPS) is 10.0. The third-order valence-corrected chi connectivity index (χ3v) is 2.43. The molecule has 2 rings (SSSR count). The number of hydrogen-bond acceptors (Lipinski definition) is 5. The summed E-state index contributed by atoms with van der Waals surface area (Å²) in [6.07, 6.45) is 0. The molecule has 2 aromatic rings. The Hall–Kier alpha value is -2.68. The van der Waals surface area contributed by atoms with Gasteiger partial charge in [0.1, 0.15) is 17.3 Å². The van der Waals surface area contributed by atoms with Crippen molar-refractivity contribution in [3.05, 3.63) is 40.1 Å². The quantitative estimate of drug-likeness (QED) is 0.609. The molecule has 0 fully saturated rings. The average Bonchev–Trinajstić information content (AvgIpc) is 2.35. The van der Waals surface area contributed by atoms with Crippen LogP contribution in [0.2, 0.25) is 0 Å². The first kappa shape index (κ1) is 11.8. The van der Waals surface area contributed by atoms with Gasteiger partial charge in [0.2, 0.25) is 0 Å². The smallest absolute Gasteiger partial charge is 0.279 e. The van der Waals surface area contributed by atoms with E-state index >= 15 is 0 Å². The lowest BCUT2D eigenvalue weighted by molar-refractivity contribution is -0.383. The van der Waals surface area contributed by atoms with E-state index in [1.807, 2.05) is 6.07 Å². The Bertz CT molecular complexity index is 661. The highest BCUT2D eigenvalue weighted by Gasteiger charge is 2.16. The van der Waals surface area contributed by atoms with Crippen molar-refractivity contribution in [3.8, 4) is 11.8 Å². The Morgan fingerprint density at radius 3 is 2.89 bits per heavy atom. The molecule has 0 aliphatic carbocycles. The van der Waals surface area contributed by atoms with Crippen LogP contribution < -0.4 is 4.74 Å². The van der Waals surface area contributed by atoms with Gasteiger partial charge >= 0.3 is 0 Å². The monoisotopic (exact) mass is 243 g/mol. The fourth-order valence-corrected chi connectivity index (χ4v) is 1.66. The molecule has 90 valence electrons. The fourth-order valence-electron chi connectivity index (χ4n) is 1.66. The predicted octanol–water partition coefficient (Wildman–Crippen LogP) is 2.35. The lowest BCUT2D eigenvalue weighted by atomic mass is 10.1. The van der Waals surface area contributed by atoms with Crippen molar-refractivity contribution < 1.29 is 9.66 Å². The maximum Gasteiger partial charge on any atom is 0.279 e. The Morgan fingerprint density at radius 1 is 1.44 bits per heavy atom. The topological polar surface area (TPSA) is 89.0 Å². The summed E-state index contributed by atoms with van der Waals surface area (Å²) in [5.41, 5.74) is 1.10. The number of nitriles is 1. The second-order valence-corrected chi connectivity index (χ2v) is 3.64. The maximum absolute atomic E-state index is 10.9. The summed E-state index contributed by atoms with van der Waals surface area (Å²) in [4.78, 5) is 14.7. The van der Waals surface area contributed by atoms with Gasteiger partial charge in [-0.2, -0.15) is 5.26 Å². The molecule has 0 unspecified atom stereocenters. The molecule has 0 amide bonds. The van der Waals surface area contributed by atoms with Crippen LogP contribution in [0.25, 0.3) is 10.9 Å². The summed E-state index contributed by atoms with van der Waals surface area (Å²) in [5, 5.41) is 19.8. The van der Waals surface area contributed by atoms with Gasteiger partial charge in [-0.25, -0.2) is 4.98 Å². The molecule has 1 heterocycles. The van der Waals surface area contributed by atoms with Crippen molar-refractivity contribution in [2.75, 3.05) is 6.61 Å².